The maximum Gasteiger partial charge on any atom is 0.283 e. The number of nitrogens with one attached hydrogen (secondary N) is 1. The van der Waals surface area contributed by atoms with Crippen LogP contribution in [0.15, 0.2) is 47.4 Å². The summed E-state index contributed by atoms with van der Waals surface area (Å²) in [5.41, 5.74) is 1.59. The minimum absolute atomic E-state index is 0.0528. The Labute approximate surface area is 181 Å². The van der Waals surface area contributed by atoms with Crippen molar-refractivity contribution < 1.29 is 14.5 Å². The van der Waals surface area contributed by atoms with Gasteiger partial charge in [0.05, 0.1) is 9.82 Å². The van der Waals surface area contributed by atoms with Gasteiger partial charge in [-0.1, -0.05) is 26.0 Å². The van der Waals surface area contributed by atoms with E-state index >= 15 is 0 Å². The van der Waals surface area contributed by atoms with Crippen molar-refractivity contribution >= 4 is 29.3 Å². The zero-order chi connectivity index (χ0) is 22.3. The van der Waals surface area contributed by atoms with Gasteiger partial charge in [0.15, 0.2) is 0 Å². The van der Waals surface area contributed by atoms with Gasteiger partial charge >= 0.3 is 0 Å². The van der Waals surface area contributed by atoms with E-state index in [1.54, 1.807) is 50.5 Å². The van der Waals surface area contributed by atoms with Crippen LogP contribution in [0.5, 0.6) is 0 Å². The highest BCUT2D eigenvalue weighted by Gasteiger charge is 2.18. The summed E-state index contributed by atoms with van der Waals surface area (Å²) < 4.78 is 0. The molecule has 0 radical (unpaired) electrons. The molecule has 0 spiro atoms. The van der Waals surface area contributed by atoms with E-state index in [2.05, 4.69) is 19.2 Å². The van der Waals surface area contributed by atoms with Gasteiger partial charge in [0.1, 0.15) is 0 Å². The van der Waals surface area contributed by atoms with Crippen LogP contribution in [0.2, 0.25) is 0 Å². The third kappa shape index (κ3) is 6.59. The van der Waals surface area contributed by atoms with E-state index < -0.39 is 4.92 Å². The number of hydrogen-bond acceptors (Lipinski definition) is 5. The van der Waals surface area contributed by atoms with E-state index in [0.29, 0.717) is 16.4 Å². The van der Waals surface area contributed by atoms with Crippen LogP contribution in [0.25, 0.3) is 0 Å². The first-order chi connectivity index (χ1) is 14.2. The molecular formula is C22H27N3O4S. The van der Waals surface area contributed by atoms with E-state index in [-0.39, 0.29) is 29.6 Å². The standard InChI is InChI=1S/C22H27N3O4S/c1-15(2)11-12-30-20-10-9-18(13-19(20)25(28)29)21(26)23-14-16-5-7-17(8-6-16)22(27)24(3)4/h5-10,13,15H,11-12,14H2,1-4H3,(H,23,26). The largest absolute Gasteiger partial charge is 0.348 e. The van der Waals surface area contributed by atoms with Crippen LogP contribution in [0, 0.1) is 16.0 Å². The second-order valence-electron chi connectivity index (χ2n) is 7.55. The number of thioether (sulfide) groups is 1. The molecule has 2 rings (SSSR count). The van der Waals surface area contributed by atoms with Gasteiger partial charge in [0.2, 0.25) is 0 Å². The van der Waals surface area contributed by atoms with Crippen molar-refractivity contribution in [3.63, 3.8) is 0 Å². The number of nitro groups is 1. The molecule has 7 nitrogen and oxygen atoms in total. The lowest BCUT2D eigenvalue weighted by molar-refractivity contribution is -0.387. The normalized spacial score (nSPS) is 10.7. The maximum absolute atomic E-state index is 12.5. The van der Waals surface area contributed by atoms with E-state index in [1.807, 2.05) is 0 Å². The second-order valence-corrected chi connectivity index (χ2v) is 8.69. The molecule has 2 aromatic rings. The fourth-order valence-corrected chi connectivity index (χ4v) is 3.89. The molecule has 0 heterocycles. The molecule has 1 N–H and O–H groups in total. The van der Waals surface area contributed by atoms with Crippen LogP contribution in [0.3, 0.4) is 0 Å². The number of hydrogen-bond donors (Lipinski definition) is 1. The Balaban J connectivity index is 2.03. The van der Waals surface area contributed by atoms with Crippen molar-refractivity contribution in [1.82, 2.24) is 10.2 Å². The molecule has 0 aliphatic rings. The van der Waals surface area contributed by atoms with Crippen LogP contribution in [-0.2, 0) is 6.54 Å². The molecule has 0 aromatic heterocycles. The molecule has 0 saturated carbocycles. The molecule has 30 heavy (non-hydrogen) atoms. The van der Waals surface area contributed by atoms with Gasteiger partial charge in [-0.25, -0.2) is 0 Å². The van der Waals surface area contributed by atoms with Crippen LogP contribution < -0.4 is 5.32 Å². The average molecular weight is 430 g/mol. The Morgan fingerprint density at radius 3 is 2.30 bits per heavy atom. The highest BCUT2D eigenvalue weighted by molar-refractivity contribution is 7.99. The molecule has 0 unspecified atom stereocenters. The van der Waals surface area contributed by atoms with Crippen molar-refractivity contribution in [2.75, 3.05) is 19.8 Å². The summed E-state index contributed by atoms with van der Waals surface area (Å²) in [6, 6.07) is 11.5. The molecule has 2 amide bonds. The number of nitrogens with zero attached hydrogens (tertiary/aromatic N) is 2. The summed E-state index contributed by atoms with van der Waals surface area (Å²) in [7, 11) is 3.37. The zero-order valence-corrected chi connectivity index (χ0v) is 18.5. The Hall–Kier alpha value is -2.87. The molecule has 0 bridgehead atoms. The molecule has 2 aromatic carbocycles. The molecule has 0 aliphatic carbocycles. The lowest BCUT2D eigenvalue weighted by Gasteiger charge is -2.11. The molecule has 160 valence electrons. The van der Waals surface area contributed by atoms with Crippen molar-refractivity contribution in [1.29, 1.82) is 0 Å². The molecule has 0 aliphatic heterocycles. The predicted molar refractivity (Wildman–Crippen MR) is 119 cm³/mol. The van der Waals surface area contributed by atoms with Gasteiger partial charge in [-0.3, -0.25) is 19.7 Å². The first kappa shape index (κ1) is 23.4. The monoisotopic (exact) mass is 429 g/mol. The fraction of sp³-hybridized carbons (Fsp3) is 0.364. The van der Waals surface area contributed by atoms with Crippen LogP contribution >= 0.6 is 11.8 Å². The Bertz CT molecular complexity index is 911. The zero-order valence-electron chi connectivity index (χ0n) is 17.7. The maximum atomic E-state index is 12.5. The Morgan fingerprint density at radius 2 is 1.73 bits per heavy atom. The fourth-order valence-electron chi connectivity index (χ4n) is 2.64. The summed E-state index contributed by atoms with van der Waals surface area (Å²) in [6.07, 6.45) is 0.961. The number of benzene rings is 2. The van der Waals surface area contributed by atoms with E-state index in [0.717, 1.165) is 17.7 Å². The molecule has 0 atom stereocenters. The number of carbonyl (C=O) groups excluding carboxylic acids is 2. The SMILES string of the molecule is CC(C)CCSc1ccc(C(=O)NCc2ccc(C(=O)N(C)C)cc2)cc1[N+](=O)[O-]. The van der Waals surface area contributed by atoms with Gasteiger partial charge in [-0.15, -0.1) is 11.8 Å². The number of nitro benzene ring substituents is 1. The van der Waals surface area contributed by atoms with Crippen LogP contribution in [0.4, 0.5) is 5.69 Å². The first-order valence-corrected chi connectivity index (χ1v) is 10.7. The average Bonchev–Trinajstić information content (AvgIpc) is 2.71. The minimum Gasteiger partial charge on any atom is -0.348 e. The number of carbonyl (C=O) groups is 2. The summed E-state index contributed by atoms with van der Waals surface area (Å²) in [6.45, 7) is 4.47. The molecule has 8 heteroatoms. The van der Waals surface area contributed by atoms with Crippen LogP contribution in [0.1, 0.15) is 46.5 Å². The van der Waals surface area contributed by atoms with Gasteiger partial charge in [-0.2, -0.15) is 0 Å². The Kier molecular flexibility index (Phi) is 8.41. The molecule has 0 saturated heterocycles. The van der Waals surface area contributed by atoms with Gasteiger partial charge in [0, 0.05) is 37.8 Å². The summed E-state index contributed by atoms with van der Waals surface area (Å²) >= 11 is 1.44. The van der Waals surface area contributed by atoms with Crippen molar-refractivity contribution in [2.45, 2.75) is 31.7 Å². The van der Waals surface area contributed by atoms with Crippen molar-refractivity contribution in [2.24, 2.45) is 5.92 Å². The van der Waals surface area contributed by atoms with Crippen LogP contribution in [-0.4, -0.2) is 41.5 Å². The molecular weight excluding hydrogens is 402 g/mol. The summed E-state index contributed by atoms with van der Waals surface area (Å²) in [4.78, 5) is 37.4. The predicted octanol–water partition coefficient (Wildman–Crippen LogP) is 4.36. The Morgan fingerprint density at radius 1 is 1.10 bits per heavy atom. The van der Waals surface area contributed by atoms with Gasteiger partial charge in [-0.05, 0) is 47.9 Å². The second kappa shape index (κ2) is 10.8. The third-order valence-electron chi connectivity index (χ3n) is 4.43. The lowest BCUT2D eigenvalue weighted by atomic mass is 10.1. The number of amides is 2. The minimum atomic E-state index is -0.449. The number of rotatable bonds is 9. The van der Waals surface area contributed by atoms with E-state index in [9.17, 15) is 19.7 Å². The lowest BCUT2D eigenvalue weighted by Crippen LogP contribution is -2.23. The van der Waals surface area contributed by atoms with Gasteiger partial charge < -0.3 is 10.2 Å². The van der Waals surface area contributed by atoms with E-state index in [4.69, 9.17) is 0 Å². The third-order valence-corrected chi connectivity index (χ3v) is 5.53. The van der Waals surface area contributed by atoms with Gasteiger partial charge in [0.25, 0.3) is 17.5 Å². The topological polar surface area (TPSA) is 92.6 Å². The highest BCUT2D eigenvalue weighted by atomic mass is 32.2. The van der Waals surface area contributed by atoms with E-state index in [1.165, 1.54) is 22.7 Å². The summed E-state index contributed by atoms with van der Waals surface area (Å²) in [5.74, 6) is 0.835. The first-order valence-electron chi connectivity index (χ1n) is 9.69. The smallest absolute Gasteiger partial charge is 0.283 e. The highest BCUT2D eigenvalue weighted by Crippen LogP contribution is 2.31. The quantitative estimate of drug-likeness (QED) is 0.363. The molecule has 0 fully saturated rings. The van der Waals surface area contributed by atoms with Crippen molar-refractivity contribution in [3.8, 4) is 0 Å². The van der Waals surface area contributed by atoms with Crippen molar-refractivity contribution in [3.05, 3.63) is 69.3 Å². The summed E-state index contributed by atoms with van der Waals surface area (Å²) in [5, 5.41) is 14.2.